The van der Waals surface area contributed by atoms with Gasteiger partial charge >= 0.3 is 0 Å². The molecule has 0 bridgehead atoms. The standard InChI is InChI=1S/C14H22N2O4S/c1-3-20-13-5-4-11(15)8-14(13)21(18,19)16-7-6-10(2)12(17)9-16/h4-5,8,10,12,17H,3,6-7,9,15H2,1-2H3. The van der Waals surface area contributed by atoms with Gasteiger partial charge in [-0.2, -0.15) is 4.31 Å². The Bertz CT molecular complexity index is 603. The topological polar surface area (TPSA) is 92.9 Å². The summed E-state index contributed by atoms with van der Waals surface area (Å²) in [5.74, 6) is 0.392. The van der Waals surface area contributed by atoms with Crippen LogP contribution in [0, 0.1) is 5.92 Å². The second-order valence-corrected chi connectivity index (χ2v) is 7.24. The van der Waals surface area contributed by atoms with Gasteiger partial charge < -0.3 is 15.6 Å². The van der Waals surface area contributed by atoms with Crippen LogP contribution >= 0.6 is 0 Å². The molecular formula is C14H22N2O4S. The van der Waals surface area contributed by atoms with Crippen LogP contribution in [-0.2, 0) is 10.0 Å². The van der Waals surface area contributed by atoms with Crippen LogP contribution in [0.4, 0.5) is 5.69 Å². The molecule has 0 aliphatic carbocycles. The zero-order chi connectivity index (χ0) is 15.6. The van der Waals surface area contributed by atoms with E-state index in [1.165, 1.54) is 10.4 Å². The van der Waals surface area contributed by atoms with Crippen molar-refractivity contribution < 1.29 is 18.3 Å². The molecule has 1 aromatic carbocycles. The van der Waals surface area contributed by atoms with Crippen LogP contribution in [0.2, 0.25) is 0 Å². The molecule has 1 heterocycles. The van der Waals surface area contributed by atoms with Gasteiger partial charge in [0.1, 0.15) is 10.6 Å². The number of sulfonamides is 1. The number of nitrogens with two attached hydrogens (primary N) is 1. The Morgan fingerprint density at radius 3 is 2.81 bits per heavy atom. The van der Waals surface area contributed by atoms with Gasteiger partial charge in [0.15, 0.2) is 0 Å². The van der Waals surface area contributed by atoms with Gasteiger partial charge in [0.2, 0.25) is 10.0 Å². The van der Waals surface area contributed by atoms with Crippen molar-refractivity contribution in [1.29, 1.82) is 0 Å². The lowest BCUT2D eigenvalue weighted by molar-refractivity contribution is 0.0604. The van der Waals surface area contributed by atoms with Crippen molar-refractivity contribution in [1.82, 2.24) is 4.31 Å². The molecule has 0 radical (unpaired) electrons. The summed E-state index contributed by atoms with van der Waals surface area (Å²) in [7, 11) is -3.73. The first-order chi connectivity index (χ1) is 9.86. The van der Waals surface area contributed by atoms with Gasteiger partial charge in [-0.05, 0) is 37.5 Å². The van der Waals surface area contributed by atoms with E-state index >= 15 is 0 Å². The van der Waals surface area contributed by atoms with Crippen molar-refractivity contribution in [3.63, 3.8) is 0 Å². The Labute approximate surface area is 125 Å². The summed E-state index contributed by atoms with van der Waals surface area (Å²) in [5, 5.41) is 9.92. The zero-order valence-electron chi connectivity index (χ0n) is 12.3. The molecule has 6 nitrogen and oxygen atoms in total. The third kappa shape index (κ3) is 3.30. The fourth-order valence-electron chi connectivity index (χ4n) is 2.38. The number of β-amino-alcohol motifs (C(OH)–C–C–N with tert-alkyl or cyclic N) is 1. The van der Waals surface area contributed by atoms with Gasteiger partial charge in [-0.3, -0.25) is 0 Å². The van der Waals surface area contributed by atoms with E-state index in [0.717, 1.165) is 0 Å². The van der Waals surface area contributed by atoms with Gasteiger partial charge in [-0.15, -0.1) is 0 Å². The van der Waals surface area contributed by atoms with E-state index in [4.69, 9.17) is 10.5 Å². The molecule has 7 heteroatoms. The largest absolute Gasteiger partial charge is 0.492 e. The van der Waals surface area contributed by atoms with Crippen LogP contribution in [-0.4, -0.2) is 43.6 Å². The molecule has 1 aliphatic rings. The molecule has 1 saturated heterocycles. The Hall–Kier alpha value is -1.31. The SMILES string of the molecule is CCOc1ccc(N)cc1S(=O)(=O)N1CCC(C)C(O)C1. The summed E-state index contributed by atoms with van der Waals surface area (Å²) in [4.78, 5) is 0.0612. The first kappa shape index (κ1) is 16.1. The maximum absolute atomic E-state index is 12.8. The maximum Gasteiger partial charge on any atom is 0.246 e. The molecule has 3 N–H and O–H groups in total. The monoisotopic (exact) mass is 314 g/mol. The lowest BCUT2D eigenvalue weighted by atomic mass is 9.98. The van der Waals surface area contributed by atoms with E-state index in [0.29, 0.717) is 31.0 Å². The molecule has 0 spiro atoms. The number of rotatable bonds is 4. The number of ether oxygens (including phenoxy) is 1. The molecule has 2 rings (SSSR count). The van der Waals surface area contributed by atoms with E-state index in [9.17, 15) is 13.5 Å². The van der Waals surface area contributed by atoms with Crippen molar-refractivity contribution in [3.8, 4) is 5.75 Å². The van der Waals surface area contributed by atoms with E-state index < -0.39 is 16.1 Å². The fourth-order valence-corrected chi connectivity index (χ4v) is 4.02. The molecule has 0 amide bonds. The molecule has 1 aliphatic heterocycles. The first-order valence-corrected chi connectivity index (χ1v) is 8.50. The Kier molecular flexibility index (Phi) is 4.75. The van der Waals surface area contributed by atoms with Gasteiger partial charge in [0.25, 0.3) is 0 Å². The van der Waals surface area contributed by atoms with E-state index in [2.05, 4.69) is 0 Å². The van der Waals surface area contributed by atoms with Crippen LogP contribution in [0.25, 0.3) is 0 Å². The third-order valence-electron chi connectivity index (χ3n) is 3.77. The first-order valence-electron chi connectivity index (χ1n) is 7.06. The van der Waals surface area contributed by atoms with Crippen molar-refractivity contribution in [2.45, 2.75) is 31.3 Å². The van der Waals surface area contributed by atoms with Gasteiger partial charge in [-0.1, -0.05) is 6.92 Å². The van der Waals surface area contributed by atoms with Crippen LogP contribution < -0.4 is 10.5 Å². The zero-order valence-corrected chi connectivity index (χ0v) is 13.1. The van der Waals surface area contributed by atoms with Crippen molar-refractivity contribution in [3.05, 3.63) is 18.2 Å². The molecule has 1 aromatic rings. The second kappa shape index (κ2) is 6.21. The normalized spacial score (nSPS) is 24.0. The van der Waals surface area contributed by atoms with Crippen LogP contribution in [0.3, 0.4) is 0 Å². The van der Waals surface area contributed by atoms with Gasteiger partial charge in [0, 0.05) is 18.8 Å². The number of aliphatic hydroxyl groups is 1. The molecule has 2 unspecified atom stereocenters. The van der Waals surface area contributed by atoms with Crippen LogP contribution in [0.15, 0.2) is 23.1 Å². The quantitative estimate of drug-likeness (QED) is 0.811. The summed E-state index contributed by atoms with van der Waals surface area (Å²) in [6, 6.07) is 4.58. The van der Waals surface area contributed by atoms with E-state index in [1.54, 1.807) is 19.1 Å². The highest BCUT2D eigenvalue weighted by Crippen LogP contribution is 2.31. The third-order valence-corrected chi connectivity index (χ3v) is 5.65. The number of nitrogen functional groups attached to an aromatic ring is 1. The van der Waals surface area contributed by atoms with Crippen molar-refractivity contribution in [2.24, 2.45) is 5.92 Å². The van der Waals surface area contributed by atoms with Crippen LogP contribution in [0.1, 0.15) is 20.3 Å². The molecule has 1 fully saturated rings. The minimum absolute atomic E-state index is 0.0612. The number of piperidine rings is 1. The minimum Gasteiger partial charge on any atom is -0.492 e. The summed E-state index contributed by atoms with van der Waals surface area (Å²) in [6.45, 7) is 4.57. The van der Waals surface area contributed by atoms with Gasteiger partial charge in [-0.25, -0.2) is 8.42 Å². The van der Waals surface area contributed by atoms with Crippen molar-refractivity contribution >= 4 is 15.7 Å². The van der Waals surface area contributed by atoms with E-state index in [1.807, 2.05) is 6.92 Å². The average Bonchev–Trinajstić information content (AvgIpc) is 2.44. The van der Waals surface area contributed by atoms with Crippen LogP contribution in [0.5, 0.6) is 5.75 Å². The highest BCUT2D eigenvalue weighted by molar-refractivity contribution is 7.89. The number of hydrogen-bond acceptors (Lipinski definition) is 5. The smallest absolute Gasteiger partial charge is 0.246 e. The second-order valence-electron chi connectivity index (χ2n) is 5.34. The van der Waals surface area contributed by atoms with Gasteiger partial charge in [0.05, 0.1) is 12.7 Å². The minimum atomic E-state index is -3.73. The number of nitrogens with zero attached hydrogens (tertiary/aromatic N) is 1. The molecule has 0 aromatic heterocycles. The predicted molar refractivity (Wildman–Crippen MR) is 80.6 cm³/mol. The summed E-state index contributed by atoms with van der Waals surface area (Å²) >= 11 is 0. The van der Waals surface area contributed by atoms with E-state index in [-0.39, 0.29) is 17.4 Å². The highest BCUT2D eigenvalue weighted by atomic mass is 32.2. The lowest BCUT2D eigenvalue weighted by Gasteiger charge is -2.33. The molecular weight excluding hydrogens is 292 g/mol. The Morgan fingerprint density at radius 2 is 2.19 bits per heavy atom. The molecule has 0 saturated carbocycles. The molecule has 21 heavy (non-hydrogen) atoms. The Morgan fingerprint density at radius 1 is 1.48 bits per heavy atom. The Balaban J connectivity index is 2.37. The predicted octanol–water partition coefficient (Wildman–Crippen LogP) is 1.06. The lowest BCUT2D eigenvalue weighted by Crippen LogP contribution is -2.45. The average molecular weight is 314 g/mol. The summed E-state index contributed by atoms with van der Waals surface area (Å²) < 4.78 is 32.2. The van der Waals surface area contributed by atoms with Crippen molar-refractivity contribution in [2.75, 3.05) is 25.4 Å². The number of aliphatic hydroxyl groups excluding tert-OH is 1. The molecule has 2 atom stereocenters. The number of anilines is 1. The summed E-state index contributed by atoms with van der Waals surface area (Å²) in [6.07, 6.45) is -0.0164. The molecule has 118 valence electrons. The summed E-state index contributed by atoms with van der Waals surface area (Å²) in [5.41, 5.74) is 6.08. The highest BCUT2D eigenvalue weighted by Gasteiger charge is 2.34. The number of benzene rings is 1. The maximum atomic E-state index is 12.8. The number of hydrogen-bond donors (Lipinski definition) is 2. The fraction of sp³-hybridized carbons (Fsp3) is 0.571.